The standard InChI is InChI=1S/C13H24N2O2/c1-10(2)9-15-13(17)12(16)14-8-7-11-5-3-4-6-11/h10-11H,3-9H2,1-2H3,(H,14,16)(H,15,17). The molecule has 0 spiro atoms. The van der Waals surface area contributed by atoms with Crippen LogP contribution in [0.4, 0.5) is 0 Å². The number of carbonyl (C=O) groups is 2. The molecule has 2 amide bonds. The van der Waals surface area contributed by atoms with Crippen LogP contribution >= 0.6 is 0 Å². The van der Waals surface area contributed by atoms with Crippen LogP contribution in [0.2, 0.25) is 0 Å². The Hall–Kier alpha value is -1.06. The van der Waals surface area contributed by atoms with Gasteiger partial charge in [0.1, 0.15) is 0 Å². The first-order valence-electron chi connectivity index (χ1n) is 6.65. The summed E-state index contributed by atoms with van der Waals surface area (Å²) >= 11 is 0. The molecule has 4 nitrogen and oxygen atoms in total. The number of carbonyl (C=O) groups excluding carboxylic acids is 2. The summed E-state index contributed by atoms with van der Waals surface area (Å²) in [7, 11) is 0. The minimum Gasteiger partial charge on any atom is -0.348 e. The van der Waals surface area contributed by atoms with Crippen LogP contribution in [-0.2, 0) is 9.59 Å². The van der Waals surface area contributed by atoms with Gasteiger partial charge in [0.05, 0.1) is 0 Å². The van der Waals surface area contributed by atoms with Gasteiger partial charge in [-0.15, -0.1) is 0 Å². The zero-order chi connectivity index (χ0) is 12.7. The lowest BCUT2D eigenvalue weighted by Gasteiger charge is -2.10. The molecule has 1 fully saturated rings. The molecule has 98 valence electrons. The summed E-state index contributed by atoms with van der Waals surface area (Å²) in [5.41, 5.74) is 0. The van der Waals surface area contributed by atoms with Gasteiger partial charge in [0, 0.05) is 13.1 Å². The predicted molar refractivity (Wildman–Crippen MR) is 67.4 cm³/mol. The van der Waals surface area contributed by atoms with Crippen LogP contribution in [0.5, 0.6) is 0 Å². The molecule has 0 saturated heterocycles. The van der Waals surface area contributed by atoms with Gasteiger partial charge in [-0.2, -0.15) is 0 Å². The molecule has 0 aromatic carbocycles. The molecular weight excluding hydrogens is 216 g/mol. The van der Waals surface area contributed by atoms with Gasteiger partial charge in [-0.3, -0.25) is 9.59 Å². The highest BCUT2D eigenvalue weighted by atomic mass is 16.2. The first kappa shape index (κ1) is 14.0. The van der Waals surface area contributed by atoms with Crippen molar-refractivity contribution in [3.8, 4) is 0 Å². The third-order valence-electron chi connectivity index (χ3n) is 3.19. The summed E-state index contributed by atoms with van der Waals surface area (Å²) in [6, 6.07) is 0. The lowest BCUT2D eigenvalue weighted by Crippen LogP contribution is -2.41. The Morgan fingerprint density at radius 3 is 2.29 bits per heavy atom. The summed E-state index contributed by atoms with van der Waals surface area (Å²) < 4.78 is 0. The van der Waals surface area contributed by atoms with Crippen LogP contribution in [-0.4, -0.2) is 24.9 Å². The van der Waals surface area contributed by atoms with Crippen LogP contribution < -0.4 is 10.6 Å². The molecule has 0 heterocycles. The zero-order valence-corrected chi connectivity index (χ0v) is 10.9. The SMILES string of the molecule is CC(C)CNC(=O)C(=O)NCCC1CCCC1. The van der Waals surface area contributed by atoms with Gasteiger partial charge in [0.15, 0.2) is 0 Å². The van der Waals surface area contributed by atoms with E-state index in [-0.39, 0.29) is 0 Å². The van der Waals surface area contributed by atoms with E-state index in [9.17, 15) is 9.59 Å². The van der Waals surface area contributed by atoms with Crippen LogP contribution in [0.25, 0.3) is 0 Å². The molecule has 1 rings (SSSR count). The maximum absolute atomic E-state index is 11.4. The highest BCUT2D eigenvalue weighted by molar-refractivity contribution is 6.35. The third kappa shape index (κ3) is 5.71. The van der Waals surface area contributed by atoms with Crippen LogP contribution in [0.1, 0.15) is 46.0 Å². The molecule has 0 aromatic heterocycles. The number of nitrogens with one attached hydrogen (secondary N) is 2. The molecule has 0 atom stereocenters. The molecule has 0 radical (unpaired) electrons. The zero-order valence-electron chi connectivity index (χ0n) is 10.9. The Balaban J connectivity index is 2.08. The molecule has 2 N–H and O–H groups in total. The Labute approximate surface area is 104 Å². The lowest BCUT2D eigenvalue weighted by molar-refractivity contribution is -0.139. The minimum atomic E-state index is -0.509. The Morgan fingerprint density at radius 1 is 1.12 bits per heavy atom. The number of hydrogen-bond acceptors (Lipinski definition) is 2. The van der Waals surface area contributed by atoms with Crippen LogP contribution in [0.15, 0.2) is 0 Å². The van der Waals surface area contributed by atoms with Crippen LogP contribution in [0.3, 0.4) is 0 Å². The molecule has 4 heteroatoms. The summed E-state index contributed by atoms with van der Waals surface area (Å²) in [4.78, 5) is 22.8. The minimum absolute atomic E-state index is 0.366. The quantitative estimate of drug-likeness (QED) is 0.715. The van der Waals surface area contributed by atoms with Gasteiger partial charge in [-0.05, 0) is 18.3 Å². The summed E-state index contributed by atoms with van der Waals surface area (Å²) in [6.07, 6.45) is 6.18. The van der Waals surface area contributed by atoms with E-state index in [2.05, 4.69) is 10.6 Å². The van der Waals surface area contributed by atoms with E-state index in [1.807, 2.05) is 13.8 Å². The predicted octanol–water partition coefficient (Wildman–Crippen LogP) is 1.46. The molecule has 0 bridgehead atoms. The van der Waals surface area contributed by atoms with Gasteiger partial charge < -0.3 is 10.6 Å². The van der Waals surface area contributed by atoms with Gasteiger partial charge in [-0.1, -0.05) is 39.5 Å². The molecule has 1 aliphatic rings. The van der Waals surface area contributed by atoms with E-state index in [1.165, 1.54) is 25.7 Å². The molecule has 0 aromatic rings. The van der Waals surface area contributed by atoms with Crippen molar-refractivity contribution in [1.82, 2.24) is 10.6 Å². The average molecular weight is 240 g/mol. The van der Waals surface area contributed by atoms with Crippen molar-refractivity contribution in [2.24, 2.45) is 11.8 Å². The van der Waals surface area contributed by atoms with Crippen molar-refractivity contribution in [2.75, 3.05) is 13.1 Å². The first-order chi connectivity index (χ1) is 8.09. The second-order valence-corrected chi connectivity index (χ2v) is 5.30. The maximum Gasteiger partial charge on any atom is 0.309 e. The van der Waals surface area contributed by atoms with E-state index in [1.54, 1.807) is 0 Å². The largest absolute Gasteiger partial charge is 0.348 e. The van der Waals surface area contributed by atoms with E-state index >= 15 is 0 Å². The van der Waals surface area contributed by atoms with E-state index in [0.29, 0.717) is 19.0 Å². The van der Waals surface area contributed by atoms with Crippen molar-refractivity contribution < 1.29 is 9.59 Å². The van der Waals surface area contributed by atoms with Crippen molar-refractivity contribution in [3.63, 3.8) is 0 Å². The summed E-state index contributed by atoms with van der Waals surface area (Å²) in [5.74, 6) is 0.105. The topological polar surface area (TPSA) is 58.2 Å². The molecule has 0 unspecified atom stereocenters. The maximum atomic E-state index is 11.4. The van der Waals surface area contributed by atoms with Crippen molar-refractivity contribution in [1.29, 1.82) is 0 Å². The Kier molecular flexibility index (Phi) is 6.01. The molecule has 1 saturated carbocycles. The number of rotatable bonds is 5. The van der Waals surface area contributed by atoms with Gasteiger partial charge in [-0.25, -0.2) is 0 Å². The lowest BCUT2D eigenvalue weighted by atomic mass is 10.0. The Morgan fingerprint density at radius 2 is 1.71 bits per heavy atom. The third-order valence-corrected chi connectivity index (χ3v) is 3.19. The molecule has 0 aliphatic heterocycles. The monoisotopic (exact) mass is 240 g/mol. The summed E-state index contributed by atoms with van der Waals surface area (Å²) in [6.45, 7) is 5.17. The normalized spacial score (nSPS) is 16.2. The van der Waals surface area contributed by atoms with E-state index < -0.39 is 11.8 Å². The second kappa shape index (κ2) is 7.30. The fourth-order valence-electron chi connectivity index (χ4n) is 2.15. The van der Waals surface area contributed by atoms with Gasteiger partial charge in [0.25, 0.3) is 0 Å². The fourth-order valence-corrected chi connectivity index (χ4v) is 2.15. The number of amides is 2. The van der Waals surface area contributed by atoms with Crippen molar-refractivity contribution >= 4 is 11.8 Å². The van der Waals surface area contributed by atoms with Crippen molar-refractivity contribution in [3.05, 3.63) is 0 Å². The molecule has 17 heavy (non-hydrogen) atoms. The average Bonchev–Trinajstić information content (AvgIpc) is 2.78. The Bertz CT molecular complexity index is 258. The van der Waals surface area contributed by atoms with Crippen LogP contribution in [0, 0.1) is 11.8 Å². The highest BCUT2D eigenvalue weighted by Gasteiger charge is 2.16. The smallest absolute Gasteiger partial charge is 0.309 e. The van der Waals surface area contributed by atoms with Gasteiger partial charge >= 0.3 is 11.8 Å². The fraction of sp³-hybridized carbons (Fsp3) is 0.846. The van der Waals surface area contributed by atoms with E-state index in [0.717, 1.165) is 12.3 Å². The second-order valence-electron chi connectivity index (χ2n) is 5.30. The van der Waals surface area contributed by atoms with Crippen molar-refractivity contribution in [2.45, 2.75) is 46.0 Å². The molecular formula is C13H24N2O2. The summed E-state index contributed by atoms with van der Waals surface area (Å²) in [5, 5.41) is 5.29. The highest BCUT2D eigenvalue weighted by Crippen LogP contribution is 2.26. The first-order valence-corrected chi connectivity index (χ1v) is 6.65. The van der Waals surface area contributed by atoms with E-state index in [4.69, 9.17) is 0 Å². The van der Waals surface area contributed by atoms with Gasteiger partial charge in [0.2, 0.25) is 0 Å². The number of hydrogen-bond donors (Lipinski definition) is 2. The molecule has 1 aliphatic carbocycles.